The van der Waals surface area contributed by atoms with Gasteiger partial charge in [-0.3, -0.25) is 4.90 Å². The van der Waals surface area contributed by atoms with Crippen molar-refractivity contribution in [2.45, 2.75) is 37.4 Å². The first kappa shape index (κ1) is 6.91. The molecule has 0 aromatic rings. The number of carboxylic acid groups (broad SMARTS) is 1. The molecule has 2 heterocycles. The van der Waals surface area contributed by atoms with Gasteiger partial charge in [0.15, 0.2) is 0 Å². The summed E-state index contributed by atoms with van der Waals surface area (Å²) in [6.45, 7) is 0. The van der Waals surface area contributed by atoms with E-state index in [2.05, 4.69) is 0 Å². The van der Waals surface area contributed by atoms with Crippen molar-refractivity contribution in [3.05, 3.63) is 0 Å². The van der Waals surface area contributed by atoms with Gasteiger partial charge in [-0.2, -0.15) is 0 Å². The van der Waals surface area contributed by atoms with E-state index in [1.165, 1.54) is 4.90 Å². The first-order chi connectivity index (χ1) is 5.13. The summed E-state index contributed by atoms with van der Waals surface area (Å²) in [5, 5.41) is 8.81. The van der Waals surface area contributed by atoms with Gasteiger partial charge in [0.25, 0.3) is 0 Å². The Kier molecular flexibility index (Phi) is 1.18. The number of fused-ring (bicyclic) bond motifs is 2. The standard InChI is InChI=1S/C7H12N2O2/c8-7-3-1-5(2-4-7)9(7)6(10)11/h5H,1-4,8H2,(H,10,11). The largest absolute Gasteiger partial charge is 0.465 e. The normalized spacial score (nSPS) is 41.5. The summed E-state index contributed by atoms with van der Waals surface area (Å²) < 4.78 is 0. The van der Waals surface area contributed by atoms with Crippen molar-refractivity contribution in [2.75, 3.05) is 0 Å². The van der Waals surface area contributed by atoms with Crippen molar-refractivity contribution < 1.29 is 9.90 Å². The molecule has 4 heteroatoms. The zero-order valence-corrected chi connectivity index (χ0v) is 6.29. The number of amides is 1. The van der Waals surface area contributed by atoms with E-state index in [-0.39, 0.29) is 6.04 Å². The number of hydrogen-bond acceptors (Lipinski definition) is 2. The Morgan fingerprint density at radius 1 is 1.55 bits per heavy atom. The Balaban J connectivity index is 2.28. The fourth-order valence-corrected chi connectivity index (χ4v) is 2.31. The van der Waals surface area contributed by atoms with Crippen molar-refractivity contribution >= 4 is 6.09 Å². The maximum absolute atomic E-state index is 10.7. The highest BCUT2D eigenvalue weighted by Crippen LogP contribution is 2.42. The van der Waals surface area contributed by atoms with Gasteiger partial charge in [-0.1, -0.05) is 0 Å². The molecule has 2 saturated heterocycles. The van der Waals surface area contributed by atoms with E-state index in [0.717, 1.165) is 25.7 Å². The molecule has 2 rings (SSSR count). The Labute approximate surface area is 65.0 Å². The molecule has 11 heavy (non-hydrogen) atoms. The van der Waals surface area contributed by atoms with E-state index in [1.807, 2.05) is 0 Å². The Bertz CT molecular complexity index is 197. The number of nitrogens with two attached hydrogens (primary N) is 1. The number of hydrogen-bond donors (Lipinski definition) is 2. The first-order valence-corrected chi connectivity index (χ1v) is 3.95. The highest BCUT2D eigenvalue weighted by atomic mass is 16.4. The van der Waals surface area contributed by atoms with Crippen molar-refractivity contribution in [3.63, 3.8) is 0 Å². The third-order valence-electron chi connectivity index (χ3n) is 2.87. The number of rotatable bonds is 0. The molecule has 0 aromatic carbocycles. The van der Waals surface area contributed by atoms with Gasteiger partial charge in [-0.15, -0.1) is 0 Å². The second-order valence-corrected chi connectivity index (χ2v) is 3.49. The molecule has 62 valence electrons. The van der Waals surface area contributed by atoms with Crippen LogP contribution in [0.15, 0.2) is 0 Å². The molecule has 0 unspecified atom stereocenters. The minimum absolute atomic E-state index is 0.206. The molecule has 0 radical (unpaired) electrons. The van der Waals surface area contributed by atoms with Gasteiger partial charge in [-0.25, -0.2) is 4.79 Å². The lowest BCUT2D eigenvalue weighted by atomic mass is 9.96. The van der Waals surface area contributed by atoms with Crippen LogP contribution in [-0.2, 0) is 0 Å². The van der Waals surface area contributed by atoms with Crippen LogP contribution < -0.4 is 5.73 Å². The summed E-state index contributed by atoms with van der Waals surface area (Å²) in [4.78, 5) is 12.2. The maximum Gasteiger partial charge on any atom is 0.409 e. The van der Waals surface area contributed by atoms with Crippen LogP contribution in [0.5, 0.6) is 0 Å². The SMILES string of the molecule is NC12CCC(CC1)N2C(=O)O. The van der Waals surface area contributed by atoms with E-state index >= 15 is 0 Å². The van der Waals surface area contributed by atoms with Crippen molar-refractivity contribution in [1.29, 1.82) is 0 Å². The summed E-state index contributed by atoms with van der Waals surface area (Å²) >= 11 is 0. The zero-order valence-electron chi connectivity index (χ0n) is 6.29. The van der Waals surface area contributed by atoms with Crippen LogP contribution in [0.1, 0.15) is 25.7 Å². The maximum atomic E-state index is 10.7. The van der Waals surface area contributed by atoms with Crippen LogP contribution in [0.2, 0.25) is 0 Å². The lowest BCUT2D eigenvalue weighted by Crippen LogP contribution is -2.51. The minimum atomic E-state index is -0.854. The third-order valence-corrected chi connectivity index (χ3v) is 2.87. The van der Waals surface area contributed by atoms with Gasteiger partial charge in [0, 0.05) is 6.04 Å². The smallest absolute Gasteiger partial charge is 0.409 e. The van der Waals surface area contributed by atoms with Gasteiger partial charge in [0.2, 0.25) is 0 Å². The highest BCUT2D eigenvalue weighted by Gasteiger charge is 2.51. The topological polar surface area (TPSA) is 66.6 Å². The van der Waals surface area contributed by atoms with Crippen LogP contribution in [0.25, 0.3) is 0 Å². The fourth-order valence-electron chi connectivity index (χ4n) is 2.31. The Hall–Kier alpha value is -0.770. The summed E-state index contributed by atoms with van der Waals surface area (Å²) in [5.41, 5.74) is 5.37. The predicted molar refractivity (Wildman–Crippen MR) is 39.0 cm³/mol. The lowest BCUT2D eigenvalue weighted by Gasteiger charge is -2.27. The quantitative estimate of drug-likeness (QED) is 0.539. The third kappa shape index (κ3) is 0.758. The molecule has 0 spiro atoms. The summed E-state index contributed by atoms with van der Waals surface area (Å²) in [5.74, 6) is 0. The summed E-state index contributed by atoms with van der Waals surface area (Å²) in [7, 11) is 0. The Morgan fingerprint density at radius 3 is 2.27 bits per heavy atom. The van der Waals surface area contributed by atoms with Crippen molar-refractivity contribution in [3.8, 4) is 0 Å². The molecule has 2 bridgehead atoms. The van der Waals surface area contributed by atoms with Gasteiger partial charge >= 0.3 is 6.09 Å². The van der Waals surface area contributed by atoms with Crippen LogP contribution in [0.3, 0.4) is 0 Å². The van der Waals surface area contributed by atoms with E-state index in [0.29, 0.717) is 0 Å². The molecule has 2 fully saturated rings. The molecular formula is C7H12N2O2. The van der Waals surface area contributed by atoms with Gasteiger partial charge < -0.3 is 10.8 Å². The molecule has 0 saturated carbocycles. The molecule has 4 nitrogen and oxygen atoms in total. The molecule has 3 N–H and O–H groups in total. The molecule has 2 aliphatic heterocycles. The molecule has 2 aliphatic rings. The average Bonchev–Trinajstić information content (AvgIpc) is 2.39. The van der Waals surface area contributed by atoms with Crippen LogP contribution >= 0.6 is 0 Å². The van der Waals surface area contributed by atoms with Crippen LogP contribution in [-0.4, -0.2) is 27.8 Å². The molecular weight excluding hydrogens is 144 g/mol. The number of carbonyl (C=O) groups is 1. The molecule has 1 amide bonds. The van der Waals surface area contributed by atoms with Gasteiger partial charge in [0.05, 0.1) is 5.66 Å². The summed E-state index contributed by atoms with van der Waals surface area (Å²) in [6, 6.07) is 0.206. The zero-order chi connectivity index (χ0) is 8.06. The average molecular weight is 156 g/mol. The van der Waals surface area contributed by atoms with E-state index in [4.69, 9.17) is 10.8 Å². The summed E-state index contributed by atoms with van der Waals surface area (Å²) in [6.07, 6.45) is 2.71. The van der Waals surface area contributed by atoms with Gasteiger partial charge in [0.1, 0.15) is 0 Å². The van der Waals surface area contributed by atoms with Gasteiger partial charge in [-0.05, 0) is 25.7 Å². The van der Waals surface area contributed by atoms with Crippen LogP contribution in [0, 0.1) is 0 Å². The van der Waals surface area contributed by atoms with E-state index < -0.39 is 11.8 Å². The molecule has 0 aromatic heterocycles. The van der Waals surface area contributed by atoms with E-state index in [1.54, 1.807) is 0 Å². The van der Waals surface area contributed by atoms with Crippen LogP contribution in [0.4, 0.5) is 4.79 Å². The van der Waals surface area contributed by atoms with Crippen molar-refractivity contribution in [2.24, 2.45) is 5.73 Å². The minimum Gasteiger partial charge on any atom is -0.465 e. The van der Waals surface area contributed by atoms with Crippen molar-refractivity contribution in [1.82, 2.24) is 4.90 Å². The highest BCUT2D eigenvalue weighted by molar-refractivity contribution is 5.67. The lowest BCUT2D eigenvalue weighted by molar-refractivity contribution is 0.111. The first-order valence-electron chi connectivity index (χ1n) is 3.95. The monoisotopic (exact) mass is 156 g/mol. The Morgan fingerprint density at radius 2 is 2.09 bits per heavy atom. The molecule has 0 atom stereocenters. The number of nitrogens with zero attached hydrogens (tertiary/aromatic N) is 1. The second-order valence-electron chi connectivity index (χ2n) is 3.49. The second kappa shape index (κ2) is 1.88. The fraction of sp³-hybridized carbons (Fsp3) is 0.857. The predicted octanol–water partition coefficient (Wildman–Crippen LogP) is 0.578. The molecule has 0 aliphatic carbocycles. The van der Waals surface area contributed by atoms with E-state index in [9.17, 15) is 4.79 Å².